The zero-order valence-electron chi connectivity index (χ0n) is 12.7. The first-order valence-electron chi connectivity index (χ1n) is 7.15. The zero-order valence-corrected chi connectivity index (χ0v) is 14.3. The SMILES string of the molecule is CCOc1ccc(C(=O)N=c2sc3cc(Cl)ccc3n2C)cc1. The number of halogens is 1. The number of thiazole rings is 1. The molecule has 2 aromatic carbocycles. The summed E-state index contributed by atoms with van der Waals surface area (Å²) < 4.78 is 8.26. The molecule has 1 heterocycles. The minimum absolute atomic E-state index is 0.277. The number of nitrogens with zero attached hydrogens (tertiary/aromatic N) is 2. The van der Waals surface area contributed by atoms with Gasteiger partial charge in [-0.3, -0.25) is 4.79 Å². The van der Waals surface area contributed by atoms with Gasteiger partial charge in [0, 0.05) is 17.6 Å². The number of rotatable bonds is 3. The first-order valence-corrected chi connectivity index (χ1v) is 8.35. The van der Waals surface area contributed by atoms with Crippen molar-refractivity contribution in [1.82, 2.24) is 4.57 Å². The molecule has 0 atom stereocenters. The van der Waals surface area contributed by atoms with Crippen LogP contribution in [-0.2, 0) is 7.05 Å². The van der Waals surface area contributed by atoms with Crippen LogP contribution in [-0.4, -0.2) is 17.1 Å². The van der Waals surface area contributed by atoms with Gasteiger partial charge in [0.1, 0.15) is 5.75 Å². The molecule has 23 heavy (non-hydrogen) atoms. The van der Waals surface area contributed by atoms with E-state index in [4.69, 9.17) is 16.3 Å². The maximum atomic E-state index is 12.3. The third-order valence-electron chi connectivity index (χ3n) is 3.38. The van der Waals surface area contributed by atoms with E-state index in [9.17, 15) is 4.79 Å². The van der Waals surface area contributed by atoms with Gasteiger partial charge in [-0.2, -0.15) is 4.99 Å². The van der Waals surface area contributed by atoms with Crippen LogP contribution in [0.3, 0.4) is 0 Å². The van der Waals surface area contributed by atoms with Gasteiger partial charge in [0.15, 0.2) is 4.80 Å². The number of aryl methyl sites for hydroxylation is 1. The van der Waals surface area contributed by atoms with Crippen molar-refractivity contribution >= 4 is 39.1 Å². The fraction of sp³-hybridized carbons (Fsp3) is 0.176. The molecule has 0 spiro atoms. The molecule has 6 heteroatoms. The Morgan fingerprint density at radius 2 is 2.00 bits per heavy atom. The fourth-order valence-corrected chi connectivity index (χ4v) is 3.52. The molecule has 3 aromatic rings. The monoisotopic (exact) mass is 346 g/mol. The summed E-state index contributed by atoms with van der Waals surface area (Å²) in [6, 6.07) is 12.6. The quantitative estimate of drug-likeness (QED) is 0.718. The predicted octanol–water partition coefficient (Wildman–Crippen LogP) is 4.03. The molecule has 118 valence electrons. The van der Waals surface area contributed by atoms with Crippen molar-refractivity contribution in [3.8, 4) is 5.75 Å². The third-order valence-corrected chi connectivity index (χ3v) is 4.71. The van der Waals surface area contributed by atoms with Crippen molar-refractivity contribution < 1.29 is 9.53 Å². The maximum Gasteiger partial charge on any atom is 0.279 e. The van der Waals surface area contributed by atoms with E-state index >= 15 is 0 Å². The second kappa shape index (κ2) is 6.56. The Bertz CT molecular complexity index is 926. The van der Waals surface area contributed by atoms with Gasteiger partial charge in [-0.25, -0.2) is 0 Å². The molecule has 0 bridgehead atoms. The summed E-state index contributed by atoms with van der Waals surface area (Å²) in [6.07, 6.45) is 0. The van der Waals surface area contributed by atoms with E-state index in [1.807, 2.05) is 36.7 Å². The highest BCUT2D eigenvalue weighted by molar-refractivity contribution is 7.16. The Kier molecular flexibility index (Phi) is 4.50. The molecule has 0 N–H and O–H groups in total. The summed E-state index contributed by atoms with van der Waals surface area (Å²) in [5.41, 5.74) is 1.53. The van der Waals surface area contributed by atoms with Gasteiger partial charge in [-0.15, -0.1) is 0 Å². The minimum atomic E-state index is -0.277. The lowest BCUT2D eigenvalue weighted by molar-refractivity contribution is 0.0998. The standard InChI is InChI=1S/C17H15ClN2O2S/c1-3-22-13-7-4-11(5-8-13)16(21)19-17-20(2)14-9-6-12(18)10-15(14)23-17/h4-10H,3H2,1-2H3. The van der Waals surface area contributed by atoms with Crippen LogP contribution in [0, 0.1) is 0 Å². The van der Waals surface area contributed by atoms with E-state index in [1.165, 1.54) is 11.3 Å². The summed E-state index contributed by atoms with van der Waals surface area (Å²) in [5, 5.41) is 0.670. The molecule has 0 unspecified atom stereocenters. The molecule has 1 aromatic heterocycles. The highest BCUT2D eigenvalue weighted by Gasteiger charge is 2.08. The van der Waals surface area contributed by atoms with E-state index in [1.54, 1.807) is 24.3 Å². The minimum Gasteiger partial charge on any atom is -0.494 e. The highest BCUT2D eigenvalue weighted by atomic mass is 35.5. The maximum absolute atomic E-state index is 12.3. The summed E-state index contributed by atoms with van der Waals surface area (Å²) in [6.45, 7) is 2.51. The molecule has 4 nitrogen and oxygen atoms in total. The summed E-state index contributed by atoms with van der Waals surface area (Å²) in [5.74, 6) is 0.465. The van der Waals surface area contributed by atoms with Gasteiger partial charge in [0.25, 0.3) is 5.91 Å². The first-order chi connectivity index (χ1) is 11.1. The molecule has 3 rings (SSSR count). The normalized spacial score (nSPS) is 11.9. The lowest BCUT2D eigenvalue weighted by atomic mass is 10.2. The topological polar surface area (TPSA) is 43.6 Å². The van der Waals surface area contributed by atoms with Crippen molar-refractivity contribution in [2.24, 2.45) is 12.0 Å². The van der Waals surface area contributed by atoms with Crippen LogP contribution in [0.2, 0.25) is 5.02 Å². The van der Waals surface area contributed by atoms with Crippen LogP contribution in [0.1, 0.15) is 17.3 Å². The van der Waals surface area contributed by atoms with Crippen LogP contribution in [0.25, 0.3) is 10.2 Å². The lowest BCUT2D eigenvalue weighted by Crippen LogP contribution is -2.13. The van der Waals surface area contributed by atoms with E-state index in [-0.39, 0.29) is 5.91 Å². The van der Waals surface area contributed by atoms with Gasteiger partial charge >= 0.3 is 0 Å². The van der Waals surface area contributed by atoms with Gasteiger partial charge in [0.2, 0.25) is 0 Å². The number of aromatic nitrogens is 1. The number of hydrogen-bond donors (Lipinski definition) is 0. The Labute approximate surface area is 142 Å². The second-order valence-electron chi connectivity index (χ2n) is 4.93. The summed E-state index contributed by atoms with van der Waals surface area (Å²) in [7, 11) is 1.89. The van der Waals surface area contributed by atoms with E-state index in [0.717, 1.165) is 16.0 Å². The van der Waals surface area contributed by atoms with Crippen molar-refractivity contribution in [1.29, 1.82) is 0 Å². The lowest BCUT2D eigenvalue weighted by Gasteiger charge is -2.02. The highest BCUT2D eigenvalue weighted by Crippen LogP contribution is 2.21. The Balaban J connectivity index is 1.97. The number of fused-ring (bicyclic) bond motifs is 1. The van der Waals surface area contributed by atoms with E-state index in [0.29, 0.717) is 22.0 Å². The Morgan fingerprint density at radius 1 is 1.26 bits per heavy atom. The molecule has 0 radical (unpaired) electrons. The molecule has 1 amide bonds. The van der Waals surface area contributed by atoms with E-state index < -0.39 is 0 Å². The first kappa shape index (κ1) is 15.8. The fourth-order valence-electron chi connectivity index (χ4n) is 2.23. The van der Waals surface area contributed by atoms with Crippen LogP contribution in [0.5, 0.6) is 5.75 Å². The van der Waals surface area contributed by atoms with Crippen LogP contribution < -0.4 is 9.54 Å². The molecule has 0 saturated carbocycles. The van der Waals surface area contributed by atoms with Crippen molar-refractivity contribution in [2.45, 2.75) is 6.92 Å². The van der Waals surface area contributed by atoms with Gasteiger partial charge in [0.05, 0.1) is 16.8 Å². The van der Waals surface area contributed by atoms with Gasteiger partial charge in [-0.05, 0) is 49.4 Å². The number of ether oxygens (including phenoxy) is 1. The molecule has 0 fully saturated rings. The largest absolute Gasteiger partial charge is 0.494 e. The number of carbonyl (C=O) groups excluding carboxylic acids is 1. The average Bonchev–Trinajstić information content (AvgIpc) is 2.83. The van der Waals surface area contributed by atoms with Crippen LogP contribution in [0.15, 0.2) is 47.5 Å². The molecular weight excluding hydrogens is 332 g/mol. The van der Waals surface area contributed by atoms with Crippen LogP contribution >= 0.6 is 22.9 Å². The van der Waals surface area contributed by atoms with Gasteiger partial charge in [-0.1, -0.05) is 22.9 Å². The third kappa shape index (κ3) is 3.30. The van der Waals surface area contributed by atoms with Crippen molar-refractivity contribution in [2.75, 3.05) is 6.61 Å². The van der Waals surface area contributed by atoms with Crippen molar-refractivity contribution in [3.63, 3.8) is 0 Å². The van der Waals surface area contributed by atoms with Crippen LogP contribution in [0.4, 0.5) is 0 Å². The Hall–Kier alpha value is -2.11. The molecule has 0 saturated heterocycles. The molecular formula is C17H15ClN2O2S. The summed E-state index contributed by atoms with van der Waals surface area (Å²) >= 11 is 7.45. The van der Waals surface area contributed by atoms with Gasteiger partial charge < -0.3 is 9.30 Å². The van der Waals surface area contributed by atoms with Crippen molar-refractivity contribution in [3.05, 3.63) is 57.9 Å². The second-order valence-corrected chi connectivity index (χ2v) is 6.38. The number of carbonyl (C=O) groups is 1. The predicted molar refractivity (Wildman–Crippen MR) is 93.3 cm³/mol. The zero-order chi connectivity index (χ0) is 16.4. The smallest absolute Gasteiger partial charge is 0.279 e. The molecule has 0 aliphatic heterocycles. The molecule has 0 aliphatic rings. The number of benzene rings is 2. The average molecular weight is 347 g/mol. The van der Waals surface area contributed by atoms with E-state index in [2.05, 4.69) is 4.99 Å². The number of hydrogen-bond acceptors (Lipinski definition) is 3. The molecule has 0 aliphatic carbocycles. The number of amides is 1. The Morgan fingerprint density at radius 3 is 2.70 bits per heavy atom. The summed E-state index contributed by atoms with van der Waals surface area (Å²) in [4.78, 5) is 17.2.